The van der Waals surface area contributed by atoms with Crippen molar-refractivity contribution in [3.63, 3.8) is 0 Å². The van der Waals surface area contributed by atoms with Crippen molar-refractivity contribution in [2.75, 3.05) is 12.8 Å². The van der Waals surface area contributed by atoms with Crippen molar-refractivity contribution in [2.45, 2.75) is 33.7 Å². The van der Waals surface area contributed by atoms with Crippen LogP contribution < -0.4 is 5.73 Å². The third kappa shape index (κ3) is 2.35. The SMILES string of the molecule is Cc1cc(C)c(C(=O)N(C)C(C)C)cc1N. The van der Waals surface area contributed by atoms with E-state index < -0.39 is 0 Å². The van der Waals surface area contributed by atoms with Crippen LogP contribution in [-0.4, -0.2) is 23.9 Å². The van der Waals surface area contributed by atoms with Crippen LogP contribution in [0.25, 0.3) is 0 Å². The minimum absolute atomic E-state index is 0.0270. The van der Waals surface area contributed by atoms with E-state index >= 15 is 0 Å². The summed E-state index contributed by atoms with van der Waals surface area (Å²) in [6.45, 7) is 7.87. The van der Waals surface area contributed by atoms with Crippen LogP contribution in [-0.2, 0) is 0 Å². The van der Waals surface area contributed by atoms with Crippen molar-refractivity contribution < 1.29 is 4.79 Å². The van der Waals surface area contributed by atoms with E-state index in [1.165, 1.54) is 0 Å². The van der Waals surface area contributed by atoms with Gasteiger partial charge in [0.05, 0.1) is 0 Å². The first-order chi connectivity index (χ1) is 7.34. The fourth-order valence-corrected chi connectivity index (χ4v) is 1.52. The Labute approximate surface area is 97.2 Å². The molecule has 1 rings (SSSR count). The Morgan fingerprint density at radius 2 is 1.81 bits per heavy atom. The zero-order chi connectivity index (χ0) is 12.5. The fraction of sp³-hybridized carbons (Fsp3) is 0.462. The molecule has 0 aliphatic carbocycles. The highest BCUT2D eigenvalue weighted by Crippen LogP contribution is 2.19. The van der Waals surface area contributed by atoms with Gasteiger partial charge in [0, 0.05) is 24.3 Å². The van der Waals surface area contributed by atoms with Crippen molar-refractivity contribution in [1.29, 1.82) is 0 Å². The molecule has 0 saturated carbocycles. The maximum absolute atomic E-state index is 12.1. The molecule has 0 aliphatic heterocycles. The first-order valence-corrected chi connectivity index (χ1v) is 5.48. The predicted molar refractivity (Wildman–Crippen MR) is 67.6 cm³/mol. The Kier molecular flexibility index (Phi) is 3.58. The minimum atomic E-state index is 0.0270. The quantitative estimate of drug-likeness (QED) is 0.778. The Balaban J connectivity index is 3.14. The molecule has 0 unspecified atom stereocenters. The third-order valence-corrected chi connectivity index (χ3v) is 2.94. The smallest absolute Gasteiger partial charge is 0.254 e. The van der Waals surface area contributed by atoms with Crippen LogP contribution >= 0.6 is 0 Å². The molecule has 0 heterocycles. The molecule has 16 heavy (non-hydrogen) atoms. The van der Waals surface area contributed by atoms with Gasteiger partial charge >= 0.3 is 0 Å². The van der Waals surface area contributed by atoms with Crippen LogP contribution in [0.3, 0.4) is 0 Å². The number of carbonyl (C=O) groups is 1. The molecule has 2 N–H and O–H groups in total. The molecule has 1 aromatic carbocycles. The number of nitrogens with zero attached hydrogens (tertiary/aromatic N) is 1. The molecular weight excluding hydrogens is 200 g/mol. The molecule has 0 bridgehead atoms. The van der Waals surface area contributed by atoms with Crippen molar-refractivity contribution in [2.24, 2.45) is 0 Å². The van der Waals surface area contributed by atoms with Gasteiger partial charge in [-0.3, -0.25) is 4.79 Å². The van der Waals surface area contributed by atoms with Gasteiger partial charge in [0.2, 0.25) is 0 Å². The highest BCUT2D eigenvalue weighted by Gasteiger charge is 2.17. The molecule has 0 radical (unpaired) electrons. The van der Waals surface area contributed by atoms with E-state index in [2.05, 4.69) is 0 Å². The number of hydrogen-bond donors (Lipinski definition) is 1. The molecule has 3 nitrogen and oxygen atoms in total. The van der Waals surface area contributed by atoms with E-state index in [9.17, 15) is 4.79 Å². The van der Waals surface area contributed by atoms with E-state index in [0.29, 0.717) is 11.3 Å². The molecule has 1 amide bonds. The molecule has 0 aliphatic rings. The van der Waals surface area contributed by atoms with E-state index in [4.69, 9.17) is 5.73 Å². The van der Waals surface area contributed by atoms with Crippen molar-refractivity contribution in [3.05, 3.63) is 28.8 Å². The predicted octanol–water partition coefficient (Wildman–Crippen LogP) is 2.37. The second-order valence-corrected chi connectivity index (χ2v) is 4.53. The summed E-state index contributed by atoms with van der Waals surface area (Å²) in [5.74, 6) is 0.0270. The summed E-state index contributed by atoms with van der Waals surface area (Å²) in [7, 11) is 1.81. The average Bonchev–Trinajstić information content (AvgIpc) is 2.21. The van der Waals surface area contributed by atoms with Crippen LogP contribution in [0.5, 0.6) is 0 Å². The maximum Gasteiger partial charge on any atom is 0.254 e. The van der Waals surface area contributed by atoms with Gasteiger partial charge in [0.1, 0.15) is 0 Å². The lowest BCUT2D eigenvalue weighted by molar-refractivity contribution is 0.0754. The summed E-state index contributed by atoms with van der Waals surface area (Å²) in [6, 6.07) is 3.91. The van der Waals surface area contributed by atoms with E-state index in [1.54, 1.807) is 11.0 Å². The Morgan fingerprint density at radius 1 is 1.25 bits per heavy atom. The van der Waals surface area contributed by atoms with Gasteiger partial charge < -0.3 is 10.6 Å². The molecule has 3 heteroatoms. The standard InChI is InChI=1S/C13H20N2O/c1-8(2)15(5)13(16)11-7-12(14)10(4)6-9(11)3/h6-8H,14H2,1-5H3. The molecule has 0 saturated heterocycles. The van der Waals surface area contributed by atoms with Crippen LogP contribution in [0, 0.1) is 13.8 Å². The lowest BCUT2D eigenvalue weighted by atomic mass is 10.0. The summed E-state index contributed by atoms with van der Waals surface area (Å²) in [4.78, 5) is 13.9. The van der Waals surface area contributed by atoms with Gasteiger partial charge in [-0.2, -0.15) is 0 Å². The molecule has 88 valence electrons. The topological polar surface area (TPSA) is 46.3 Å². The lowest BCUT2D eigenvalue weighted by Gasteiger charge is -2.22. The van der Waals surface area contributed by atoms with Gasteiger partial charge in [-0.15, -0.1) is 0 Å². The zero-order valence-corrected chi connectivity index (χ0v) is 10.7. The average molecular weight is 220 g/mol. The largest absolute Gasteiger partial charge is 0.398 e. The van der Waals surface area contributed by atoms with E-state index in [0.717, 1.165) is 11.1 Å². The molecule has 1 aromatic rings. The first kappa shape index (κ1) is 12.6. The maximum atomic E-state index is 12.1. The van der Waals surface area contributed by atoms with Gasteiger partial charge in [-0.25, -0.2) is 0 Å². The zero-order valence-electron chi connectivity index (χ0n) is 10.7. The number of aryl methyl sites for hydroxylation is 2. The van der Waals surface area contributed by atoms with Crippen LogP contribution in [0.2, 0.25) is 0 Å². The number of amides is 1. The molecule has 0 aromatic heterocycles. The second-order valence-electron chi connectivity index (χ2n) is 4.53. The Morgan fingerprint density at radius 3 is 2.31 bits per heavy atom. The number of anilines is 1. The molecular formula is C13H20N2O. The van der Waals surface area contributed by atoms with Crippen LogP contribution in [0.4, 0.5) is 5.69 Å². The number of carbonyl (C=O) groups excluding carboxylic acids is 1. The van der Waals surface area contributed by atoms with Crippen LogP contribution in [0.15, 0.2) is 12.1 Å². The molecule has 0 fully saturated rings. The monoisotopic (exact) mass is 220 g/mol. The third-order valence-electron chi connectivity index (χ3n) is 2.94. The summed E-state index contributed by atoms with van der Waals surface area (Å²) >= 11 is 0. The summed E-state index contributed by atoms with van der Waals surface area (Å²) in [5.41, 5.74) is 9.19. The van der Waals surface area contributed by atoms with Gasteiger partial charge in [-0.1, -0.05) is 6.07 Å². The normalized spacial score (nSPS) is 10.6. The highest BCUT2D eigenvalue weighted by molar-refractivity contribution is 5.96. The van der Waals surface area contributed by atoms with Gasteiger partial charge in [0.25, 0.3) is 5.91 Å². The Hall–Kier alpha value is -1.51. The Bertz CT molecular complexity index is 411. The molecule has 0 atom stereocenters. The van der Waals surface area contributed by atoms with Gasteiger partial charge in [0.15, 0.2) is 0 Å². The van der Waals surface area contributed by atoms with Gasteiger partial charge in [-0.05, 0) is 44.9 Å². The summed E-state index contributed by atoms with van der Waals surface area (Å²) < 4.78 is 0. The van der Waals surface area contributed by atoms with Crippen LogP contribution in [0.1, 0.15) is 35.3 Å². The highest BCUT2D eigenvalue weighted by atomic mass is 16.2. The first-order valence-electron chi connectivity index (χ1n) is 5.48. The summed E-state index contributed by atoms with van der Waals surface area (Å²) in [5, 5.41) is 0. The lowest BCUT2D eigenvalue weighted by Crippen LogP contribution is -2.33. The van der Waals surface area contributed by atoms with Crippen molar-refractivity contribution >= 4 is 11.6 Å². The number of rotatable bonds is 2. The summed E-state index contributed by atoms with van der Waals surface area (Å²) in [6.07, 6.45) is 0. The number of nitrogens with two attached hydrogens (primary N) is 1. The second kappa shape index (κ2) is 4.56. The van der Waals surface area contributed by atoms with Crippen molar-refractivity contribution in [3.8, 4) is 0 Å². The van der Waals surface area contributed by atoms with Crippen molar-refractivity contribution in [1.82, 2.24) is 4.90 Å². The van der Waals surface area contributed by atoms with E-state index in [-0.39, 0.29) is 11.9 Å². The minimum Gasteiger partial charge on any atom is -0.398 e. The fourth-order valence-electron chi connectivity index (χ4n) is 1.52. The number of hydrogen-bond acceptors (Lipinski definition) is 2. The molecule has 0 spiro atoms. The number of nitrogen functional groups attached to an aromatic ring is 1. The number of benzene rings is 1. The van der Waals surface area contributed by atoms with E-state index in [1.807, 2.05) is 40.8 Å².